The van der Waals surface area contributed by atoms with E-state index in [0.29, 0.717) is 6.54 Å². The van der Waals surface area contributed by atoms with Crippen molar-refractivity contribution in [3.8, 4) is 0 Å². The van der Waals surface area contributed by atoms with E-state index in [-0.39, 0.29) is 24.9 Å². The van der Waals surface area contributed by atoms with Crippen LogP contribution in [0, 0.1) is 0 Å². The summed E-state index contributed by atoms with van der Waals surface area (Å²) in [7, 11) is 0. The Kier molecular flexibility index (Phi) is 6.86. The van der Waals surface area contributed by atoms with Crippen LogP contribution in [0.2, 0.25) is 0 Å². The molecule has 0 saturated heterocycles. The van der Waals surface area contributed by atoms with Gasteiger partial charge in [-0.2, -0.15) is 0 Å². The average Bonchev–Trinajstić information content (AvgIpc) is 2.10. The van der Waals surface area contributed by atoms with Crippen LogP contribution in [0.5, 0.6) is 0 Å². The van der Waals surface area contributed by atoms with Crippen LogP contribution in [-0.4, -0.2) is 37.0 Å². The Morgan fingerprint density at radius 1 is 1.19 bits per heavy atom. The van der Waals surface area contributed by atoms with Gasteiger partial charge in [0.1, 0.15) is 0 Å². The Hall–Kier alpha value is -1.63. The molecule has 0 saturated carbocycles. The lowest BCUT2D eigenvalue weighted by Crippen LogP contribution is -2.41. The smallest absolute Gasteiger partial charge is 0.318 e. The maximum atomic E-state index is 11.2. The van der Waals surface area contributed by atoms with E-state index in [4.69, 9.17) is 5.73 Å². The largest absolute Gasteiger partial charge is 0.354 e. The SMILES string of the molecule is CC(C)NC(=O)CCNCC(=O)NC(N)=O. The van der Waals surface area contributed by atoms with Crippen LogP contribution in [0.25, 0.3) is 0 Å². The van der Waals surface area contributed by atoms with E-state index in [1.165, 1.54) is 0 Å². The number of imide groups is 1. The summed E-state index contributed by atoms with van der Waals surface area (Å²) in [6.07, 6.45) is 0.280. The average molecular weight is 230 g/mol. The van der Waals surface area contributed by atoms with Gasteiger partial charge >= 0.3 is 6.03 Å². The highest BCUT2D eigenvalue weighted by Gasteiger charge is 2.05. The Labute approximate surface area is 94.1 Å². The third-order valence-corrected chi connectivity index (χ3v) is 1.53. The topological polar surface area (TPSA) is 113 Å². The lowest BCUT2D eigenvalue weighted by molar-refractivity contribution is -0.122. The molecule has 0 aliphatic rings. The Morgan fingerprint density at radius 3 is 2.31 bits per heavy atom. The van der Waals surface area contributed by atoms with Gasteiger partial charge in [0.15, 0.2) is 0 Å². The zero-order valence-electron chi connectivity index (χ0n) is 9.50. The summed E-state index contributed by atoms with van der Waals surface area (Å²) in [6.45, 7) is 4.06. The summed E-state index contributed by atoms with van der Waals surface area (Å²) < 4.78 is 0. The summed E-state index contributed by atoms with van der Waals surface area (Å²) in [6, 6.07) is -0.782. The van der Waals surface area contributed by atoms with Crippen LogP contribution in [0.15, 0.2) is 0 Å². The maximum absolute atomic E-state index is 11.2. The van der Waals surface area contributed by atoms with E-state index >= 15 is 0 Å². The van der Waals surface area contributed by atoms with Gasteiger partial charge in [-0.1, -0.05) is 0 Å². The second-order valence-corrected chi connectivity index (χ2v) is 3.56. The van der Waals surface area contributed by atoms with Crippen LogP contribution >= 0.6 is 0 Å². The number of nitrogens with one attached hydrogen (secondary N) is 3. The Morgan fingerprint density at radius 2 is 1.81 bits per heavy atom. The predicted molar refractivity (Wildman–Crippen MR) is 58.5 cm³/mol. The minimum atomic E-state index is -0.885. The number of nitrogens with two attached hydrogens (primary N) is 1. The van der Waals surface area contributed by atoms with Crippen molar-refractivity contribution in [1.29, 1.82) is 0 Å². The van der Waals surface area contributed by atoms with Gasteiger partial charge in [-0.15, -0.1) is 0 Å². The molecule has 0 radical (unpaired) electrons. The van der Waals surface area contributed by atoms with Crippen molar-refractivity contribution in [3.63, 3.8) is 0 Å². The quantitative estimate of drug-likeness (QED) is 0.424. The third kappa shape index (κ3) is 8.95. The molecular formula is C9H18N4O3. The molecule has 0 aromatic carbocycles. The normalized spacial score (nSPS) is 9.94. The fourth-order valence-corrected chi connectivity index (χ4v) is 0.980. The van der Waals surface area contributed by atoms with E-state index in [2.05, 4.69) is 10.6 Å². The van der Waals surface area contributed by atoms with Crippen molar-refractivity contribution >= 4 is 17.8 Å². The molecule has 0 spiro atoms. The van der Waals surface area contributed by atoms with E-state index in [1.54, 1.807) is 0 Å². The molecule has 0 aliphatic heterocycles. The second kappa shape index (κ2) is 7.63. The zero-order chi connectivity index (χ0) is 12.6. The van der Waals surface area contributed by atoms with Gasteiger partial charge in [-0.05, 0) is 13.8 Å². The number of carbonyl (C=O) groups is 3. The first kappa shape index (κ1) is 14.4. The molecule has 5 N–H and O–H groups in total. The summed E-state index contributed by atoms with van der Waals surface area (Å²) in [4.78, 5) is 32.3. The monoisotopic (exact) mass is 230 g/mol. The minimum absolute atomic E-state index is 0.0438. The van der Waals surface area contributed by atoms with Crippen molar-refractivity contribution in [3.05, 3.63) is 0 Å². The number of hydrogen-bond acceptors (Lipinski definition) is 4. The molecule has 0 bridgehead atoms. The lowest BCUT2D eigenvalue weighted by Gasteiger charge is -2.08. The maximum Gasteiger partial charge on any atom is 0.318 e. The van der Waals surface area contributed by atoms with Crippen molar-refractivity contribution in [2.45, 2.75) is 26.3 Å². The highest BCUT2D eigenvalue weighted by Crippen LogP contribution is 1.81. The number of carbonyl (C=O) groups excluding carboxylic acids is 3. The summed E-state index contributed by atoms with van der Waals surface area (Å²) >= 11 is 0. The van der Waals surface area contributed by atoms with Gasteiger partial charge in [-0.25, -0.2) is 4.79 Å². The molecule has 7 heteroatoms. The van der Waals surface area contributed by atoms with Crippen LogP contribution in [-0.2, 0) is 9.59 Å². The molecule has 0 rings (SSSR count). The predicted octanol–water partition coefficient (Wildman–Crippen LogP) is -1.31. The van der Waals surface area contributed by atoms with E-state index in [1.807, 2.05) is 19.2 Å². The fraction of sp³-hybridized carbons (Fsp3) is 0.667. The lowest BCUT2D eigenvalue weighted by atomic mass is 10.3. The fourth-order valence-electron chi connectivity index (χ4n) is 0.980. The van der Waals surface area contributed by atoms with E-state index < -0.39 is 11.9 Å². The first-order valence-electron chi connectivity index (χ1n) is 5.01. The summed E-state index contributed by atoms with van der Waals surface area (Å²) in [5, 5.41) is 7.32. The number of hydrogen-bond donors (Lipinski definition) is 4. The molecule has 0 aromatic rings. The molecule has 0 atom stereocenters. The van der Waals surface area contributed by atoms with Gasteiger partial charge in [0.05, 0.1) is 6.54 Å². The van der Waals surface area contributed by atoms with Gasteiger partial charge < -0.3 is 16.4 Å². The van der Waals surface area contributed by atoms with E-state index in [9.17, 15) is 14.4 Å². The van der Waals surface area contributed by atoms with Crippen molar-refractivity contribution in [2.75, 3.05) is 13.1 Å². The third-order valence-electron chi connectivity index (χ3n) is 1.53. The standard InChI is InChI=1S/C9H18N4O3/c1-6(2)12-7(14)3-4-11-5-8(15)13-9(10)16/h6,11H,3-5H2,1-2H3,(H,12,14)(H3,10,13,15,16). The van der Waals surface area contributed by atoms with Crippen LogP contribution in [0.1, 0.15) is 20.3 Å². The molecule has 0 fully saturated rings. The molecule has 0 aromatic heterocycles. The van der Waals surface area contributed by atoms with Crippen molar-refractivity contribution < 1.29 is 14.4 Å². The van der Waals surface area contributed by atoms with Crippen LogP contribution in [0.3, 0.4) is 0 Å². The van der Waals surface area contributed by atoms with Gasteiger partial charge in [0.25, 0.3) is 0 Å². The highest BCUT2D eigenvalue weighted by molar-refractivity contribution is 5.94. The Bertz CT molecular complexity index is 265. The van der Waals surface area contributed by atoms with Crippen molar-refractivity contribution in [1.82, 2.24) is 16.0 Å². The summed E-state index contributed by atoms with van der Waals surface area (Å²) in [5.41, 5.74) is 4.74. The van der Waals surface area contributed by atoms with Crippen molar-refractivity contribution in [2.24, 2.45) is 5.73 Å². The van der Waals surface area contributed by atoms with Crippen LogP contribution in [0.4, 0.5) is 4.79 Å². The van der Waals surface area contributed by atoms with Gasteiger partial charge in [0, 0.05) is 19.0 Å². The number of rotatable bonds is 6. The van der Waals surface area contributed by atoms with Crippen LogP contribution < -0.4 is 21.7 Å². The number of amides is 4. The highest BCUT2D eigenvalue weighted by atomic mass is 16.2. The molecule has 7 nitrogen and oxygen atoms in total. The molecular weight excluding hydrogens is 212 g/mol. The Balaban J connectivity index is 3.49. The molecule has 0 aliphatic carbocycles. The number of urea groups is 1. The van der Waals surface area contributed by atoms with E-state index in [0.717, 1.165) is 0 Å². The molecule has 0 unspecified atom stereocenters. The second-order valence-electron chi connectivity index (χ2n) is 3.56. The zero-order valence-corrected chi connectivity index (χ0v) is 9.50. The molecule has 4 amide bonds. The minimum Gasteiger partial charge on any atom is -0.354 e. The van der Waals surface area contributed by atoms with Gasteiger partial charge in [-0.3, -0.25) is 14.9 Å². The number of primary amides is 1. The van der Waals surface area contributed by atoms with Gasteiger partial charge in [0.2, 0.25) is 11.8 Å². The summed E-state index contributed by atoms with van der Waals surface area (Å²) in [5.74, 6) is -0.602. The first-order chi connectivity index (χ1) is 7.41. The molecule has 0 heterocycles. The first-order valence-corrected chi connectivity index (χ1v) is 5.01. The molecule has 16 heavy (non-hydrogen) atoms. The molecule has 92 valence electrons.